The third-order valence-electron chi connectivity index (χ3n) is 2.69. The quantitative estimate of drug-likeness (QED) is 0.763. The van der Waals surface area contributed by atoms with Crippen LogP contribution in [-0.2, 0) is 11.3 Å². The number of hydrogen-bond donors (Lipinski definition) is 0. The summed E-state index contributed by atoms with van der Waals surface area (Å²) in [4.78, 5) is 11.3. The van der Waals surface area contributed by atoms with Gasteiger partial charge in [0.05, 0.1) is 34.1 Å². The molecule has 1 aromatic carbocycles. The number of rotatable bonds is 5. The van der Waals surface area contributed by atoms with Gasteiger partial charge in [-0.15, -0.1) is 5.10 Å². The van der Waals surface area contributed by atoms with E-state index in [2.05, 4.69) is 15.0 Å². The minimum Gasteiger partial charge on any atom is -0.497 e. The number of ether oxygens (including phenoxy) is 3. The molecular formula is C13H15N3O4. The molecule has 7 heteroatoms. The summed E-state index contributed by atoms with van der Waals surface area (Å²) in [7, 11) is 4.47. The molecule has 0 aliphatic carbocycles. The highest BCUT2D eigenvalue weighted by atomic mass is 16.5. The molecule has 0 aliphatic rings. The molecule has 0 saturated carbocycles. The van der Waals surface area contributed by atoms with E-state index in [1.165, 1.54) is 13.3 Å². The molecule has 0 fully saturated rings. The highest BCUT2D eigenvalue weighted by Gasteiger charge is 2.11. The molecule has 0 saturated heterocycles. The van der Waals surface area contributed by atoms with Crippen molar-refractivity contribution in [1.82, 2.24) is 15.0 Å². The van der Waals surface area contributed by atoms with Gasteiger partial charge < -0.3 is 14.2 Å². The highest BCUT2D eigenvalue weighted by Crippen LogP contribution is 2.22. The Morgan fingerprint density at radius 1 is 1.15 bits per heavy atom. The Morgan fingerprint density at radius 2 is 1.80 bits per heavy atom. The molecule has 0 spiro atoms. The topological polar surface area (TPSA) is 75.5 Å². The second-order valence-electron chi connectivity index (χ2n) is 4.01. The van der Waals surface area contributed by atoms with Gasteiger partial charge in [0, 0.05) is 6.07 Å². The minimum absolute atomic E-state index is 0.169. The SMILES string of the molecule is COC(=O)c1cn(Cc2cc(OC)cc(OC)c2)nn1. The molecule has 0 atom stereocenters. The van der Waals surface area contributed by atoms with Crippen molar-refractivity contribution in [2.45, 2.75) is 6.54 Å². The van der Waals surface area contributed by atoms with Crippen molar-refractivity contribution in [3.63, 3.8) is 0 Å². The molecule has 0 aliphatic heterocycles. The molecule has 0 unspecified atom stereocenters. The normalized spacial score (nSPS) is 10.2. The third-order valence-corrected chi connectivity index (χ3v) is 2.69. The lowest BCUT2D eigenvalue weighted by atomic mass is 10.2. The van der Waals surface area contributed by atoms with Crippen molar-refractivity contribution in [2.24, 2.45) is 0 Å². The smallest absolute Gasteiger partial charge is 0.360 e. The van der Waals surface area contributed by atoms with Gasteiger partial charge in [-0.1, -0.05) is 5.21 Å². The zero-order valence-corrected chi connectivity index (χ0v) is 11.5. The van der Waals surface area contributed by atoms with Gasteiger partial charge in [0.2, 0.25) is 0 Å². The zero-order chi connectivity index (χ0) is 14.5. The molecule has 7 nitrogen and oxygen atoms in total. The van der Waals surface area contributed by atoms with Gasteiger partial charge in [0.25, 0.3) is 0 Å². The first kappa shape index (κ1) is 13.9. The molecule has 0 bridgehead atoms. The third kappa shape index (κ3) is 3.05. The Kier molecular flexibility index (Phi) is 4.19. The molecule has 1 heterocycles. The van der Waals surface area contributed by atoms with Gasteiger partial charge in [0.1, 0.15) is 11.5 Å². The summed E-state index contributed by atoms with van der Waals surface area (Å²) in [6, 6.07) is 5.51. The molecule has 0 radical (unpaired) electrons. The lowest BCUT2D eigenvalue weighted by molar-refractivity contribution is 0.0594. The van der Waals surface area contributed by atoms with E-state index >= 15 is 0 Å². The fourth-order valence-corrected chi connectivity index (χ4v) is 1.72. The summed E-state index contributed by atoms with van der Waals surface area (Å²) in [6.07, 6.45) is 1.53. The standard InChI is InChI=1S/C13H15N3O4/c1-18-10-4-9(5-11(6-10)19-2)7-16-8-12(14-15-16)13(17)20-3/h4-6,8H,7H2,1-3H3. The first-order valence-electron chi connectivity index (χ1n) is 5.86. The van der Waals surface area contributed by atoms with E-state index in [9.17, 15) is 4.79 Å². The van der Waals surface area contributed by atoms with Crippen molar-refractivity contribution >= 4 is 5.97 Å². The van der Waals surface area contributed by atoms with Gasteiger partial charge in [0.15, 0.2) is 5.69 Å². The van der Waals surface area contributed by atoms with E-state index in [1.807, 2.05) is 12.1 Å². The van der Waals surface area contributed by atoms with Crippen molar-refractivity contribution < 1.29 is 19.0 Å². The van der Waals surface area contributed by atoms with Crippen LogP contribution in [0.4, 0.5) is 0 Å². The van der Waals surface area contributed by atoms with Crippen LogP contribution in [-0.4, -0.2) is 42.3 Å². The second kappa shape index (κ2) is 6.05. The number of nitrogens with zero attached hydrogens (tertiary/aromatic N) is 3. The summed E-state index contributed by atoms with van der Waals surface area (Å²) in [5.74, 6) is 0.861. The molecule has 20 heavy (non-hydrogen) atoms. The zero-order valence-electron chi connectivity index (χ0n) is 11.5. The summed E-state index contributed by atoms with van der Waals surface area (Å²) < 4.78 is 16.5. The van der Waals surface area contributed by atoms with Crippen LogP contribution in [0.5, 0.6) is 11.5 Å². The van der Waals surface area contributed by atoms with E-state index in [4.69, 9.17) is 9.47 Å². The summed E-state index contributed by atoms with van der Waals surface area (Å²) in [6.45, 7) is 0.442. The maximum atomic E-state index is 11.3. The Balaban J connectivity index is 2.21. The summed E-state index contributed by atoms with van der Waals surface area (Å²) in [5, 5.41) is 7.62. The van der Waals surface area contributed by atoms with Crippen LogP contribution in [0, 0.1) is 0 Å². The predicted molar refractivity (Wildman–Crippen MR) is 70.0 cm³/mol. The number of hydrogen-bond acceptors (Lipinski definition) is 6. The van der Waals surface area contributed by atoms with Crippen LogP contribution >= 0.6 is 0 Å². The first-order valence-corrected chi connectivity index (χ1v) is 5.86. The maximum absolute atomic E-state index is 11.3. The van der Waals surface area contributed by atoms with E-state index < -0.39 is 5.97 Å². The van der Waals surface area contributed by atoms with Crippen LogP contribution in [0.25, 0.3) is 0 Å². The second-order valence-corrected chi connectivity index (χ2v) is 4.01. The average Bonchev–Trinajstić information content (AvgIpc) is 2.94. The molecule has 1 aromatic heterocycles. The van der Waals surface area contributed by atoms with Crippen molar-refractivity contribution in [1.29, 1.82) is 0 Å². The van der Waals surface area contributed by atoms with Crippen LogP contribution < -0.4 is 9.47 Å². The van der Waals surface area contributed by atoms with Gasteiger partial charge in [-0.3, -0.25) is 0 Å². The first-order chi connectivity index (χ1) is 9.66. The Morgan fingerprint density at radius 3 is 2.35 bits per heavy atom. The number of methoxy groups -OCH3 is 3. The highest BCUT2D eigenvalue weighted by molar-refractivity contribution is 5.86. The van der Waals surface area contributed by atoms with E-state index in [1.54, 1.807) is 25.0 Å². The summed E-state index contributed by atoms with van der Waals surface area (Å²) >= 11 is 0. The van der Waals surface area contributed by atoms with Gasteiger partial charge >= 0.3 is 5.97 Å². The number of benzene rings is 1. The van der Waals surface area contributed by atoms with E-state index in [0.29, 0.717) is 18.0 Å². The number of esters is 1. The number of carbonyl (C=O) groups is 1. The molecule has 2 rings (SSSR count). The van der Waals surface area contributed by atoms with Crippen molar-refractivity contribution in [3.05, 3.63) is 35.7 Å². The number of carbonyl (C=O) groups excluding carboxylic acids is 1. The Hall–Kier alpha value is -2.57. The van der Waals surface area contributed by atoms with Gasteiger partial charge in [-0.05, 0) is 17.7 Å². The Bertz CT molecular complexity index is 587. The summed E-state index contributed by atoms with van der Waals surface area (Å²) in [5.41, 5.74) is 1.09. The lowest BCUT2D eigenvalue weighted by Gasteiger charge is -2.08. The van der Waals surface area contributed by atoms with E-state index in [-0.39, 0.29) is 5.69 Å². The van der Waals surface area contributed by atoms with Gasteiger partial charge in [-0.25, -0.2) is 9.48 Å². The van der Waals surface area contributed by atoms with Crippen LogP contribution in [0.2, 0.25) is 0 Å². The largest absolute Gasteiger partial charge is 0.497 e. The van der Waals surface area contributed by atoms with Crippen molar-refractivity contribution in [2.75, 3.05) is 21.3 Å². The Labute approximate surface area is 116 Å². The molecule has 106 valence electrons. The average molecular weight is 277 g/mol. The fraction of sp³-hybridized carbons (Fsp3) is 0.308. The number of aromatic nitrogens is 3. The minimum atomic E-state index is -0.514. The predicted octanol–water partition coefficient (Wildman–Crippen LogP) is 1.13. The van der Waals surface area contributed by atoms with Crippen LogP contribution in [0.3, 0.4) is 0 Å². The van der Waals surface area contributed by atoms with Crippen LogP contribution in [0.1, 0.15) is 16.1 Å². The molecule has 2 aromatic rings. The molecular weight excluding hydrogens is 262 g/mol. The monoisotopic (exact) mass is 277 g/mol. The van der Waals surface area contributed by atoms with Crippen LogP contribution in [0.15, 0.2) is 24.4 Å². The lowest BCUT2D eigenvalue weighted by Crippen LogP contribution is -2.02. The van der Waals surface area contributed by atoms with E-state index in [0.717, 1.165) is 5.56 Å². The van der Waals surface area contributed by atoms with Crippen molar-refractivity contribution in [3.8, 4) is 11.5 Å². The van der Waals surface area contributed by atoms with Gasteiger partial charge in [-0.2, -0.15) is 0 Å². The molecule has 0 N–H and O–H groups in total. The fourth-order valence-electron chi connectivity index (χ4n) is 1.72. The molecule has 0 amide bonds. The maximum Gasteiger partial charge on any atom is 0.360 e.